The molecule has 0 saturated carbocycles. The number of aromatic nitrogens is 2. The van der Waals surface area contributed by atoms with Crippen LogP contribution in [-0.2, 0) is 6.61 Å². The molecule has 23 heavy (non-hydrogen) atoms. The molecule has 3 nitrogen and oxygen atoms in total. The highest BCUT2D eigenvalue weighted by molar-refractivity contribution is 6.35. The highest BCUT2D eigenvalue weighted by Crippen LogP contribution is 2.31. The lowest BCUT2D eigenvalue weighted by atomic mass is 10.1. The minimum atomic E-state index is 0.388. The van der Waals surface area contributed by atoms with Crippen LogP contribution in [0.2, 0.25) is 5.02 Å². The molecule has 0 unspecified atom stereocenters. The molecule has 0 aliphatic carbocycles. The van der Waals surface area contributed by atoms with Gasteiger partial charge in [0.1, 0.15) is 18.2 Å². The topological polar surface area (TPSA) is 37.9 Å². The van der Waals surface area contributed by atoms with Gasteiger partial charge in [-0.2, -0.15) is 0 Å². The second-order valence-corrected chi connectivity index (χ2v) is 5.99. The lowest BCUT2D eigenvalue weighted by Gasteiger charge is -2.09. The van der Waals surface area contributed by atoms with E-state index in [-0.39, 0.29) is 0 Å². The van der Waals surface area contributed by atoms with E-state index in [4.69, 9.17) is 16.3 Å². The van der Waals surface area contributed by atoms with Crippen molar-refractivity contribution in [3.05, 3.63) is 71.0 Å². The zero-order chi connectivity index (χ0) is 15.8. The van der Waals surface area contributed by atoms with Gasteiger partial charge in [0.05, 0.1) is 11.0 Å². The molecule has 1 heterocycles. The molecular weight excluding hydrogens is 308 g/mol. The van der Waals surface area contributed by atoms with Crippen LogP contribution in [0.25, 0.3) is 21.8 Å². The summed E-state index contributed by atoms with van der Waals surface area (Å²) in [6.07, 6.45) is 0. The molecule has 0 aliphatic heterocycles. The SMILES string of the molecule is Cc1ccc2nc(COc3ccc(Cl)c4ccccc34)[nH]c2c1. The van der Waals surface area contributed by atoms with Crippen molar-refractivity contribution < 1.29 is 4.74 Å². The van der Waals surface area contributed by atoms with Crippen molar-refractivity contribution in [2.24, 2.45) is 0 Å². The number of hydrogen-bond donors (Lipinski definition) is 1. The summed E-state index contributed by atoms with van der Waals surface area (Å²) in [5.41, 5.74) is 3.19. The molecule has 1 N–H and O–H groups in total. The number of halogens is 1. The minimum Gasteiger partial charge on any atom is -0.485 e. The monoisotopic (exact) mass is 322 g/mol. The Kier molecular flexibility index (Phi) is 3.43. The fraction of sp³-hybridized carbons (Fsp3) is 0.105. The lowest BCUT2D eigenvalue weighted by Crippen LogP contribution is -1.98. The second kappa shape index (κ2) is 5.60. The molecule has 0 fully saturated rings. The van der Waals surface area contributed by atoms with Crippen LogP contribution in [0.15, 0.2) is 54.6 Å². The third kappa shape index (κ3) is 2.64. The number of H-pyrrole nitrogens is 1. The number of nitrogens with one attached hydrogen (secondary N) is 1. The summed E-state index contributed by atoms with van der Waals surface area (Å²) >= 11 is 6.24. The van der Waals surface area contributed by atoms with Gasteiger partial charge < -0.3 is 9.72 Å². The van der Waals surface area contributed by atoms with Gasteiger partial charge in [0.15, 0.2) is 0 Å². The first-order valence-electron chi connectivity index (χ1n) is 7.46. The van der Waals surface area contributed by atoms with E-state index in [2.05, 4.69) is 29.0 Å². The molecule has 4 aromatic rings. The summed E-state index contributed by atoms with van der Waals surface area (Å²) in [4.78, 5) is 7.86. The van der Waals surface area contributed by atoms with Gasteiger partial charge in [-0.1, -0.05) is 41.9 Å². The number of rotatable bonds is 3. The molecule has 114 valence electrons. The van der Waals surface area contributed by atoms with Gasteiger partial charge in [0.25, 0.3) is 0 Å². The number of ether oxygens (including phenoxy) is 1. The first-order chi connectivity index (χ1) is 11.2. The molecule has 0 radical (unpaired) electrons. The van der Waals surface area contributed by atoms with Crippen molar-refractivity contribution in [3.63, 3.8) is 0 Å². The van der Waals surface area contributed by atoms with Crippen molar-refractivity contribution in [1.82, 2.24) is 9.97 Å². The van der Waals surface area contributed by atoms with E-state index in [0.29, 0.717) is 6.61 Å². The molecule has 4 heteroatoms. The predicted molar refractivity (Wildman–Crippen MR) is 94.1 cm³/mol. The van der Waals surface area contributed by atoms with Gasteiger partial charge in [-0.05, 0) is 36.8 Å². The fourth-order valence-corrected chi connectivity index (χ4v) is 2.98. The molecule has 3 aromatic carbocycles. The number of imidazole rings is 1. The van der Waals surface area contributed by atoms with Crippen LogP contribution in [0.5, 0.6) is 5.75 Å². The summed E-state index contributed by atoms with van der Waals surface area (Å²) in [6, 6.07) is 17.9. The van der Waals surface area contributed by atoms with Gasteiger partial charge in [-0.25, -0.2) is 4.98 Å². The quantitative estimate of drug-likeness (QED) is 0.559. The smallest absolute Gasteiger partial charge is 0.146 e. The van der Waals surface area contributed by atoms with Gasteiger partial charge >= 0.3 is 0 Å². The van der Waals surface area contributed by atoms with Crippen LogP contribution in [0, 0.1) is 6.92 Å². The third-order valence-corrected chi connectivity index (χ3v) is 4.21. The van der Waals surface area contributed by atoms with E-state index in [1.54, 1.807) is 0 Å². The third-order valence-electron chi connectivity index (χ3n) is 3.88. The zero-order valence-corrected chi connectivity index (χ0v) is 13.4. The van der Waals surface area contributed by atoms with Crippen LogP contribution in [-0.4, -0.2) is 9.97 Å². The summed E-state index contributed by atoms with van der Waals surface area (Å²) in [5.74, 6) is 1.62. The maximum Gasteiger partial charge on any atom is 0.146 e. The predicted octanol–water partition coefficient (Wildman–Crippen LogP) is 5.26. The minimum absolute atomic E-state index is 0.388. The van der Waals surface area contributed by atoms with Crippen LogP contribution in [0.4, 0.5) is 0 Å². The maximum atomic E-state index is 6.24. The average Bonchev–Trinajstić information content (AvgIpc) is 2.96. The van der Waals surface area contributed by atoms with E-state index in [1.165, 1.54) is 5.56 Å². The molecular formula is C19H15ClN2O. The van der Waals surface area contributed by atoms with Crippen LogP contribution < -0.4 is 4.74 Å². The molecule has 0 spiro atoms. The molecule has 1 aromatic heterocycles. The Hall–Kier alpha value is -2.52. The Morgan fingerprint density at radius 1 is 1.04 bits per heavy atom. The molecule has 0 saturated heterocycles. The summed E-state index contributed by atoms with van der Waals surface area (Å²) in [5, 5.41) is 2.73. The number of hydrogen-bond acceptors (Lipinski definition) is 2. The van der Waals surface area contributed by atoms with Crippen molar-refractivity contribution in [3.8, 4) is 5.75 Å². The fourth-order valence-electron chi connectivity index (χ4n) is 2.75. The van der Waals surface area contributed by atoms with Gasteiger partial charge in [-0.15, -0.1) is 0 Å². The number of nitrogens with zero attached hydrogens (tertiary/aromatic N) is 1. The Morgan fingerprint density at radius 3 is 2.74 bits per heavy atom. The average molecular weight is 323 g/mol. The van der Waals surface area contributed by atoms with E-state index < -0.39 is 0 Å². The first-order valence-corrected chi connectivity index (χ1v) is 7.84. The number of fused-ring (bicyclic) bond motifs is 2. The number of aryl methyl sites for hydroxylation is 1. The molecule has 4 rings (SSSR count). The van der Waals surface area contributed by atoms with Gasteiger partial charge in [-0.3, -0.25) is 0 Å². The Bertz CT molecular complexity index is 1010. The first kappa shape index (κ1) is 14.1. The summed E-state index contributed by atoms with van der Waals surface area (Å²) < 4.78 is 5.97. The Balaban J connectivity index is 1.64. The largest absolute Gasteiger partial charge is 0.485 e. The maximum absolute atomic E-state index is 6.24. The van der Waals surface area contributed by atoms with Gasteiger partial charge in [0, 0.05) is 15.8 Å². The van der Waals surface area contributed by atoms with E-state index in [0.717, 1.165) is 38.4 Å². The van der Waals surface area contributed by atoms with Crippen molar-refractivity contribution in [2.75, 3.05) is 0 Å². The van der Waals surface area contributed by atoms with Crippen LogP contribution in [0.1, 0.15) is 11.4 Å². The Labute approximate surface area is 138 Å². The van der Waals surface area contributed by atoms with Crippen molar-refractivity contribution in [2.45, 2.75) is 13.5 Å². The van der Waals surface area contributed by atoms with Crippen molar-refractivity contribution in [1.29, 1.82) is 0 Å². The van der Waals surface area contributed by atoms with E-state index in [9.17, 15) is 0 Å². The summed E-state index contributed by atoms with van der Waals surface area (Å²) in [6.45, 7) is 2.45. The van der Waals surface area contributed by atoms with Crippen LogP contribution >= 0.6 is 11.6 Å². The summed E-state index contributed by atoms with van der Waals surface area (Å²) in [7, 11) is 0. The van der Waals surface area contributed by atoms with E-state index in [1.807, 2.05) is 42.5 Å². The molecule has 0 bridgehead atoms. The lowest BCUT2D eigenvalue weighted by molar-refractivity contribution is 0.301. The molecule has 0 amide bonds. The van der Waals surface area contributed by atoms with E-state index >= 15 is 0 Å². The standard InChI is InChI=1S/C19H15ClN2O/c1-12-6-8-16-17(10-12)22-19(21-16)11-23-18-9-7-15(20)13-4-2-3-5-14(13)18/h2-10H,11H2,1H3,(H,21,22). The highest BCUT2D eigenvalue weighted by atomic mass is 35.5. The number of benzene rings is 3. The van der Waals surface area contributed by atoms with Crippen LogP contribution in [0.3, 0.4) is 0 Å². The zero-order valence-electron chi connectivity index (χ0n) is 12.6. The normalized spacial score (nSPS) is 11.2. The molecule has 0 aliphatic rings. The van der Waals surface area contributed by atoms with Crippen molar-refractivity contribution >= 4 is 33.4 Å². The van der Waals surface area contributed by atoms with Gasteiger partial charge in [0.2, 0.25) is 0 Å². The number of aromatic amines is 1. The Morgan fingerprint density at radius 2 is 1.87 bits per heavy atom. The molecule has 0 atom stereocenters. The second-order valence-electron chi connectivity index (χ2n) is 5.58. The highest BCUT2D eigenvalue weighted by Gasteiger charge is 2.07.